The number of halogens is 1. The smallest absolute Gasteiger partial charge is 0.233 e. The molecule has 1 atom stereocenters. The third kappa shape index (κ3) is 5.19. The molecule has 0 bridgehead atoms. The third-order valence-corrected chi connectivity index (χ3v) is 5.68. The molecule has 29 heavy (non-hydrogen) atoms. The number of likely N-dealkylation sites (tertiary alicyclic amines) is 1. The molecular weight excluding hydrogens is 375 g/mol. The fourth-order valence-corrected chi connectivity index (χ4v) is 4.03. The number of anilines is 1. The second-order valence-electron chi connectivity index (χ2n) is 7.72. The molecule has 2 aromatic rings. The van der Waals surface area contributed by atoms with Gasteiger partial charge >= 0.3 is 0 Å². The Bertz CT molecular complexity index is 805. The monoisotopic (exact) mass is 402 g/mol. The van der Waals surface area contributed by atoms with E-state index in [1.165, 1.54) is 12.1 Å². The maximum Gasteiger partial charge on any atom is 0.233 e. The summed E-state index contributed by atoms with van der Waals surface area (Å²) in [5.41, 5.74) is 0.601. The van der Waals surface area contributed by atoms with E-state index in [1.54, 1.807) is 12.1 Å². The van der Waals surface area contributed by atoms with Gasteiger partial charge in [0.15, 0.2) is 0 Å². The van der Waals surface area contributed by atoms with Gasteiger partial charge in [0.2, 0.25) is 17.7 Å². The summed E-state index contributed by atoms with van der Waals surface area (Å²) >= 11 is 0. The van der Waals surface area contributed by atoms with Crippen LogP contribution in [0.2, 0.25) is 0 Å². The van der Waals surface area contributed by atoms with Crippen molar-refractivity contribution in [2.24, 2.45) is 0 Å². The van der Waals surface area contributed by atoms with Crippen molar-refractivity contribution in [1.29, 1.82) is 0 Å². The summed E-state index contributed by atoms with van der Waals surface area (Å²) in [6.07, 6.45) is 5.35. The van der Waals surface area contributed by atoms with Gasteiger partial charge in [0.25, 0.3) is 0 Å². The van der Waals surface area contributed by atoms with Gasteiger partial charge in [-0.15, -0.1) is 10.2 Å². The van der Waals surface area contributed by atoms with Gasteiger partial charge in [-0.1, -0.05) is 6.42 Å². The summed E-state index contributed by atoms with van der Waals surface area (Å²) in [7, 11) is 0. The maximum atomic E-state index is 13.0. The van der Waals surface area contributed by atoms with Crippen LogP contribution in [-0.4, -0.2) is 47.3 Å². The minimum Gasteiger partial charge on any atom is -0.423 e. The van der Waals surface area contributed by atoms with Crippen LogP contribution in [-0.2, 0) is 9.53 Å². The first-order valence-corrected chi connectivity index (χ1v) is 10.4. The number of ether oxygens (including phenoxy) is 1. The van der Waals surface area contributed by atoms with E-state index in [1.807, 2.05) is 0 Å². The highest BCUT2D eigenvalue weighted by Gasteiger charge is 2.30. The Balaban J connectivity index is 1.34. The third-order valence-electron chi connectivity index (χ3n) is 5.68. The topological polar surface area (TPSA) is 80.5 Å². The van der Waals surface area contributed by atoms with Crippen molar-refractivity contribution < 1.29 is 18.3 Å². The fraction of sp³-hybridized carbons (Fsp3) is 0.571. The first-order valence-electron chi connectivity index (χ1n) is 10.4. The van der Waals surface area contributed by atoms with Gasteiger partial charge in [-0.3, -0.25) is 9.69 Å². The van der Waals surface area contributed by atoms with Crippen molar-refractivity contribution in [3.63, 3.8) is 0 Å². The van der Waals surface area contributed by atoms with Crippen LogP contribution in [0.3, 0.4) is 0 Å². The van der Waals surface area contributed by atoms with E-state index >= 15 is 0 Å². The molecule has 3 heterocycles. The molecular formula is C21H27FN4O3. The Hall–Kier alpha value is -2.32. The molecule has 0 spiro atoms. The number of amides is 1. The lowest BCUT2D eigenvalue weighted by atomic mass is 10.0. The number of carbonyl (C=O) groups excluding carboxylic acids is 1. The van der Waals surface area contributed by atoms with Crippen molar-refractivity contribution in [2.75, 3.05) is 31.6 Å². The van der Waals surface area contributed by atoms with Gasteiger partial charge < -0.3 is 14.5 Å². The summed E-state index contributed by atoms with van der Waals surface area (Å²) in [6.45, 7) is 3.00. The van der Waals surface area contributed by atoms with E-state index in [4.69, 9.17) is 9.15 Å². The van der Waals surface area contributed by atoms with Crippen molar-refractivity contribution >= 4 is 11.6 Å². The molecule has 0 unspecified atom stereocenters. The maximum absolute atomic E-state index is 13.0. The van der Waals surface area contributed by atoms with Crippen molar-refractivity contribution in [2.45, 2.75) is 50.5 Å². The number of rotatable bonds is 6. The van der Waals surface area contributed by atoms with Gasteiger partial charge in [-0.25, -0.2) is 4.39 Å². The molecule has 7 nitrogen and oxygen atoms in total. The Morgan fingerprint density at radius 1 is 1.10 bits per heavy atom. The highest BCUT2D eigenvalue weighted by atomic mass is 19.1. The molecule has 1 amide bonds. The van der Waals surface area contributed by atoms with Gasteiger partial charge in [0, 0.05) is 37.8 Å². The SMILES string of the molecule is O=C(CCN1CCCC[C@H]1c1nnc(C2CCOCC2)o1)Nc1ccc(F)cc1. The second-order valence-corrected chi connectivity index (χ2v) is 7.72. The predicted molar refractivity (Wildman–Crippen MR) is 105 cm³/mol. The van der Waals surface area contributed by atoms with Crippen LogP contribution in [0.5, 0.6) is 0 Å². The molecule has 2 fully saturated rings. The molecule has 2 aliphatic rings. The molecule has 1 aromatic heterocycles. The van der Waals surface area contributed by atoms with Crippen LogP contribution < -0.4 is 5.32 Å². The van der Waals surface area contributed by atoms with Gasteiger partial charge in [-0.05, 0) is 56.5 Å². The molecule has 8 heteroatoms. The lowest BCUT2D eigenvalue weighted by Gasteiger charge is -2.33. The van der Waals surface area contributed by atoms with E-state index < -0.39 is 0 Å². The fourth-order valence-electron chi connectivity index (χ4n) is 4.03. The van der Waals surface area contributed by atoms with E-state index in [0.717, 1.165) is 51.9 Å². The Morgan fingerprint density at radius 3 is 2.66 bits per heavy atom. The first-order chi connectivity index (χ1) is 14.2. The predicted octanol–water partition coefficient (Wildman–Crippen LogP) is 3.66. The Labute approximate surface area is 169 Å². The summed E-state index contributed by atoms with van der Waals surface area (Å²) in [5.74, 6) is 1.24. The molecule has 2 saturated heterocycles. The zero-order chi connectivity index (χ0) is 20.1. The van der Waals surface area contributed by atoms with Crippen LogP contribution in [0.1, 0.15) is 62.3 Å². The average Bonchev–Trinajstić information content (AvgIpc) is 3.25. The number of hydrogen-bond donors (Lipinski definition) is 1. The van der Waals surface area contributed by atoms with Crippen molar-refractivity contribution in [3.05, 3.63) is 41.9 Å². The van der Waals surface area contributed by atoms with E-state index in [2.05, 4.69) is 20.4 Å². The number of nitrogens with zero attached hydrogens (tertiary/aromatic N) is 3. The van der Waals surface area contributed by atoms with Crippen molar-refractivity contribution in [1.82, 2.24) is 15.1 Å². The summed E-state index contributed by atoms with van der Waals surface area (Å²) in [4.78, 5) is 14.6. The van der Waals surface area contributed by atoms with Gasteiger partial charge in [0.05, 0.1) is 6.04 Å². The van der Waals surface area contributed by atoms with Crippen molar-refractivity contribution in [3.8, 4) is 0 Å². The Morgan fingerprint density at radius 2 is 1.86 bits per heavy atom. The quantitative estimate of drug-likeness (QED) is 0.794. The molecule has 4 rings (SSSR count). The second kappa shape index (κ2) is 9.45. The minimum atomic E-state index is -0.321. The number of carbonyl (C=O) groups is 1. The van der Waals surface area contributed by atoms with E-state index in [0.29, 0.717) is 30.4 Å². The molecule has 156 valence electrons. The Kier molecular flexibility index (Phi) is 6.51. The lowest BCUT2D eigenvalue weighted by molar-refractivity contribution is -0.116. The number of nitrogens with one attached hydrogen (secondary N) is 1. The van der Waals surface area contributed by atoms with Crippen LogP contribution in [0.25, 0.3) is 0 Å². The molecule has 0 radical (unpaired) electrons. The van der Waals surface area contributed by atoms with Crippen LogP contribution in [0.4, 0.5) is 10.1 Å². The standard InChI is InChI=1S/C21H27FN4O3/c22-16-4-6-17(7-5-16)23-19(27)8-12-26-11-2-1-3-18(26)21-25-24-20(29-21)15-9-13-28-14-10-15/h4-7,15,18H,1-3,8-14H2,(H,23,27)/t18-/m0/s1. The summed E-state index contributed by atoms with van der Waals surface area (Å²) < 4.78 is 24.5. The summed E-state index contributed by atoms with van der Waals surface area (Å²) in [6, 6.07) is 5.85. The number of benzene rings is 1. The highest BCUT2D eigenvalue weighted by Crippen LogP contribution is 2.33. The normalized spacial score (nSPS) is 21.2. The molecule has 1 N–H and O–H groups in total. The average molecular weight is 402 g/mol. The van der Waals surface area contributed by atoms with Gasteiger partial charge in [-0.2, -0.15) is 0 Å². The molecule has 2 aliphatic heterocycles. The number of aromatic nitrogens is 2. The van der Waals surface area contributed by atoms with E-state index in [9.17, 15) is 9.18 Å². The van der Waals surface area contributed by atoms with Crippen LogP contribution >= 0.6 is 0 Å². The number of hydrogen-bond acceptors (Lipinski definition) is 6. The highest BCUT2D eigenvalue weighted by molar-refractivity contribution is 5.90. The zero-order valence-electron chi connectivity index (χ0n) is 16.5. The molecule has 1 aromatic carbocycles. The van der Waals surface area contributed by atoms with Gasteiger partial charge in [0.1, 0.15) is 5.82 Å². The van der Waals surface area contributed by atoms with E-state index in [-0.39, 0.29) is 23.7 Å². The molecule has 0 saturated carbocycles. The number of piperidine rings is 1. The van der Waals surface area contributed by atoms with Crippen LogP contribution in [0, 0.1) is 5.82 Å². The summed E-state index contributed by atoms with van der Waals surface area (Å²) in [5, 5.41) is 11.4. The minimum absolute atomic E-state index is 0.0588. The largest absolute Gasteiger partial charge is 0.423 e. The van der Waals surface area contributed by atoms with Crippen LogP contribution in [0.15, 0.2) is 28.7 Å². The zero-order valence-corrected chi connectivity index (χ0v) is 16.5. The first kappa shape index (κ1) is 20.0. The molecule has 0 aliphatic carbocycles. The lowest BCUT2D eigenvalue weighted by Crippen LogP contribution is -2.35.